The number of tetrazole rings is 1. The number of fused-ring (bicyclic) bond motifs is 3. The van der Waals surface area contributed by atoms with Crippen LogP contribution in [0.3, 0.4) is 0 Å². The lowest BCUT2D eigenvalue weighted by molar-refractivity contribution is 0.420. The summed E-state index contributed by atoms with van der Waals surface area (Å²) < 4.78 is 7.82. The van der Waals surface area contributed by atoms with Crippen LogP contribution in [-0.4, -0.2) is 32.3 Å². The van der Waals surface area contributed by atoms with E-state index in [2.05, 4.69) is 43.4 Å². The van der Waals surface area contributed by atoms with E-state index in [-0.39, 0.29) is 0 Å². The fourth-order valence-electron chi connectivity index (χ4n) is 3.45. The molecule has 27 heavy (non-hydrogen) atoms. The highest BCUT2D eigenvalue weighted by molar-refractivity contribution is 6.32. The highest BCUT2D eigenvalue weighted by Gasteiger charge is 2.17. The first-order chi connectivity index (χ1) is 13.2. The molecule has 0 atom stereocenters. The fourth-order valence-corrected chi connectivity index (χ4v) is 3.65. The van der Waals surface area contributed by atoms with Crippen LogP contribution in [0.5, 0.6) is 5.75 Å². The van der Waals surface area contributed by atoms with Gasteiger partial charge in [0.05, 0.1) is 18.7 Å². The Morgan fingerprint density at radius 2 is 2.11 bits per heavy atom. The van der Waals surface area contributed by atoms with Crippen LogP contribution in [0.25, 0.3) is 33.2 Å². The molecule has 0 bridgehead atoms. The Balaban J connectivity index is 1.94. The maximum atomic E-state index is 8.80. The minimum absolute atomic E-state index is 0.552. The molecule has 0 aliphatic heterocycles. The van der Waals surface area contributed by atoms with E-state index in [4.69, 9.17) is 21.6 Å². The second-order valence-electron chi connectivity index (χ2n) is 6.25. The summed E-state index contributed by atoms with van der Waals surface area (Å²) in [5.74, 6) is 1.36. The third-order valence-corrected chi connectivity index (χ3v) is 4.87. The highest BCUT2D eigenvalue weighted by atomic mass is 35.5. The first-order valence-corrected chi connectivity index (χ1v) is 9.01. The summed E-state index contributed by atoms with van der Waals surface area (Å²) in [6, 6.07) is 12.1. The molecule has 0 saturated heterocycles. The number of unbranched alkanes of at least 4 members (excludes halogenated alkanes) is 2. The summed E-state index contributed by atoms with van der Waals surface area (Å²) in [4.78, 5) is 0. The summed E-state index contributed by atoms with van der Waals surface area (Å²) >= 11 is 6.33. The third kappa shape index (κ3) is 3.09. The normalized spacial score (nSPS) is 11.1. The average molecular weight is 381 g/mol. The molecular formula is C19H17ClN6O. The van der Waals surface area contributed by atoms with Gasteiger partial charge in [-0.1, -0.05) is 23.7 Å². The number of nitriles is 1. The predicted molar refractivity (Wildman–Crippen MR) is 104 cm³/mol. The Hall–Kier alpha value is -3.11. The van der Waals surface area contributed by atoms with Crippen molar-refractivity contribution in [3.05, 3.63) is 35.4 Å². The molecule has 0 unspecified atom stereocenters. The van der Waals surface area contributed by atoms with E-state index in [1.54, 1.807) is 7.11 Å². The van der Waals surface area contributed by atoms with Crippen LogP contribution >= 0.6 is 11.6 Å². The number of aryl methyl sites for hydroxylation is 1. The van der Waals surface area contributed by atoms with Gasteiger partial charge >= 0.3 is 0 Å². The number of aromatic amines is 1. The third-order valence-electron chi connectivity index (χ3n) is 4.65. The van der Waals surface area contributed by atoms with Crippen molar-refractivity contribution in [1.82, 2.24) is 25.2 Å². The molecule has 0 fully saturated rings. The summed E-state index contributed by atoms with van der Waals surface area (Å²) in [5.41, 5.74) is 2.97. The van der Waals surface area contributed by atoms with Crippen molar-refractivity contribution in [2.45, 2.75) is 25.8 Å². The Morgan fingerprint density at radius 3 is 2.85 bits per heavy atom. The van der Waals surface area contributed by atoms with Crippen molar-refractivity contribution in [2.24, 2.45) is 0 Å². The first kappa shape index (κ1) is 17.3. The molecule has 2 aromatic carbocycles. The van der Waals surface area contributed by atoms with Crippen LogP contribution in [0.2, 0.25) is 5.02 Å². The standard InChI is InChI=1S/C19H17ClN6O/c1-27-17-11-13(20)10-16-18(17)14-6-5-12(19-22-24-25-23-19)9-15(14)26(16)8-4-2-3-7-21/h5-6,9-11H,2-4,8H2,1H3,(H,22,23,24,25). The van der Waals surface area contributed by atoms with Gasteiger partial charge in [-0.2, -0.15) is 5.26 Å². The van der Waals surface area contributed by atoms with Crippen LogP contribution in [0.1, 0.15) is 19.3 Å². The summed E-state index contributed by atoms with van der Waals surface area (Å²) in [6.07, 6.45) is 2.30. The SMILES string of the molecule is COc1cc(Cl)cc2c1c1ccc(-c3nnn[nH]3)cc1n2CCCCC#N. The van der Waals surface area contributed by atoms with Crippen molar-refractivity contribution in [3.63, 3.8) is 0 Å². The topological polar surface area (TPSA) is 92.4 Å². The monoisotopic (exact) mass is 380 g/mol. The molecule has 0 saturated carbocycles. The van der Waals surface area contributed by atoms with Gasteiger partial charge in [0, 0.05) is 39.8 Å². The number of rotatable bonds is 6. The zero-order chi connectivity index (χ0) is 18.8. The van der Waals surface area contributed by atoms with E-state index in [1.807, 2.05) is 18.2 Å². The minimum atomic E-state index is 0.552. The summed E-state index contributed by atoms with van der Waals surface area (Å²) in [6.45, 7) is 0.781. The molecule has 2 heterocycles. The summed E-state index contributed by atoms with van der Waals surface area (Å²) in [5, 5.41) is 25.6. The molecule has 0 amide bonds. The maximum absolute atomic E-state index is 8.80. The lowest BCUT2D eigenvalue weighted by Gasteiger charge is -2.08. The molecule has 4 aromatic rings. The molecule has 0 spiro atoms. The molecule has 136 valence electrons. The zero-order valence-electron chi connectivity index (χ0n) is 14.7. The number of H-pyrrole nitrogens is 1. The van der Waals surface area contributed by atoms with Crippen molar-refractivity contribution in [1.29, 1.82) is 5.26 Å². The Labute approximate surface area is 160 Å². The van der Waals surface area contributed by atoms with Crippen molar-refractivity contribution in [2.75, 3.05) is 7.11 Å². The van der Waals surface area contributed by atoms with Crippen molar-refractivity contribution >= 4 is 33.4 Å². The molecule has 7 nitrogen and oxygen atoms in total. The number of hydrogen-bond acceptors (Lipinski definition) is 5. The van der Waals surface area contributed by atoms with Gasteiger partial charge in [0.15, 0.2) is 5.82 Å². The van der Waals surface area contributed by atoms with E-state index < -0.39 is 0 Å². The van der Waals surface area contributed by atoms with Gasteiger partial charge in [-0.25, -0.2) is 5.10 Å². The number of ether oxygens (including phenoxy) is 1. The first-order valence-electron chi connectivity index (χ1n) is 8.63. The van der Waals surface area contributed by atoms with E-state index in [1.165, 1.54) is 0 Å². The van der Waals surface area contributed by atoms with Gasteiger partial charge < -0.3 is 9.30 Å². The summed E-state index contributed by atoms with van der Waals surface area (Å²) in [7, 11) is 1.65. The number of nitrogens with one attached hydrogen (secondary N) is 1. The smallest absolute Gasteiger partial charge is 0.179 e. The molecule has 0 radical (unpaired) electrons. The molecule has 8 heteroatoms. The molecule has 1 N–H and O–H groups in total. The molecule has 4 rings (SSSR count). The fraction of sp³-hybridized carbons (Fsp3) is 0.263. The Kier molecular flexibility index (Phi) is 4.65. The molecular weight excluding hydrogens is 364 g/mol. The quantitative estimate of drug-likeness (QED) is 0.502. The van der Waals surface area contributed by atoms with Crippen LogP contribution in [-0.2, 0) is 6.54 Å². The maximum Gasteiger partial charge on any atom is 0.179 e. The lowest BCUT2D eigenvalue weighted by Crippen LogP contribution is -1.98. The lowest BCUT2D eigenvalue weighted by atomic mass is 10.1. The van der Waals surface area contributed by atoms with Gasteiger partial charge in [-0.15, -0.1) is 5.10 Å². The largest absolute Gasteiger partial charge is 0.496 e. The van der Waals surface area contributed by atoms with E-state index in [9.17, 15) is 0 Å². The Bertz CT molecular complexity index is 1140. The van der Waals surface area contributed by atoms with Crippen LogP contribution in [0.4, 0.5) is 0 Å². The van der Waals surface area contributed by atoms with Gasteiger partial charge in [0.2, 0.25) is 0 Å². The number of hydrogen-bond donors (Lipinski definition) is 1. The Morgan fingerprint density at radius 1 is 1.22 bits per heavy atom. The minimum Gasteiger partial charge on any atom is -0.496 e. The van der Waals surface area contributed by atoms with E-state index >= 15 is 0 Å². The van der Waals surface area contributed by atoms with Crippen molar-refractivity contribution < 1.29 is 4.74 Å². The second kappa shape index (κ2) is 7.25. The molecule has 2 aromatic heterocycles. The number of benzene rings is 2. The van der Waals surface area contributed by atoms with Crippen LogP contribution in [0, 0.1) is 11.3 Å². The number of methoxy groups -OCH3 is 1. The molecule has 0 aliphatic rings. The van der Waals surface area contributed by atoms with Gasteiger partial charge in [0.25, 0.3) is 0 Å². The molecule has 0 aliphatic carbocycles. The van der Waals surface area contributed by atoms with Gasteiger partial charge in [-0.3, -0.25) is 0 Å². The highest BCUT2D eigenvalue weighted by Crippen LogP contribution is 2.39. The van der Waals surface area contributed by atoms with Crippen molar-refractivity contribution in [3.8, 4) is 23.2 Å². The second-order valence-corrected chi connectivity index (χ2v) is 6.69. The van der Waals surface area contributed by atoms with E-state index in [0.29, 0.717) is 17.3 Å². The van der Waals surface area contributed by atoms with Gasteiger partial charge in [-0.05, 0) is 41.5 Å². The predicted octanol–water partition coefficient (Wildman–Crippen LogP) is 4.33. The van der Waals surface area contributed by atoms with Gasteiger partial charge in [0.1, 0.15) is 5.75 Å². The average Bonchev–Trinajstić information content (AvgIpc) is 3.31. The van der Waals surface area contributed by atoms with Crippen LogP contribution < -0.4 is 4.74 Å². The number of nitrogens with zero attached hydrogens (tertiary/aromatic N) is 5. The zero-order valence-corrected chi connectivity index (χ0v) is 15.5. The number of aromatic nitrogens is 5. The number of halogens is 1. The van der Waals surface area contributed by atoms with E-state index in [0.717, 1.165) is 52.5 Å². The van der Waals surface area contributed by atoms with Crippen LogP contribution in [0.15, 0.2) is 30.3 Å².